The molecule has 0 bridgehead atoms. The molecule has 0 unspecified atom stereocenters. The highest BCUT2D eigenvalue weighted by atomic mass is 35.5. The predicted molar refractivity (Wildman–Crippen MR) is 135 cm³/mol. The highest BCUT2D eigenvalue weighted by molar-refractivity contribution is 6.32. The molecule has 0 aliphatic heterocycles. The van der Waals surface area contributed by atoms with Crippen LogP contribution in [0.3, 0.4) is 0 Å². The van der Waals surface area contributed by atoms with Crippen molar-refractivity contribution in [1.82, 2.24) is 14.6 Å². The molecule has 1 aliphatic carbocycles. The molecule has 1 saturated carbocycles. The topological polar surface area (TPSA) is 107 Å². The van der Waals surface area contributed by atoms with Gasteiger partial charge in [-0.1, -0.05) is 24.4 Å². The Morgan fingerprint density at radius 2 is 2.06 bits per heavy atom. The van der Waals surface area contributed by atoms with Crippen LogP contribution < -0.4 is 15.4 Å². The number of nitrogens with zero attached hydrogens (tertiary/aromatic N) is 3. The third kappa shape index (κ3) is 6.85. The Kier molecular flexibility index (Phi) is 8.41. The van der Waals surface area contributed by atoms with E-state index >= 15 is 0 Å². The lowest BCUT2D eigenvalue weighted by Gasteiger charge is -2.13. The van der Waals surface area contributed by atoms with Crippen LogP contribution in [-0.4, -0.2) is 46.1 Å². The second kappa shape index (κ2) is 11.9. The number of hydrogen-bond donors (Lipinski definition) is 2. The third-order valence-electron chi connectivity index (χ3n) is 5.60. The average molecular weight is 500 g/mol. The van der Waals surface area contributed by atoms with Gasteiger partial charge in [-0.3, -0.25) is 9.59 Å². The number of ether oxygens (including phenoxy) is 2. The van der Waals surface area contributed by atoms with Crippen molar-refractivity contribution in [3.63, 3.8) is 0 Å². The van der Waals surface area contributed by atoms with Gasteiger partial charge in [0.25, 0.3) is 0 Å². The van der Waals surface area contributed by atoms with E-state index in [1.54, 1.807) is 10.6 Å². The zero-order chi connectivity index (χ0) is 24.6. The van der Waals surface area contributed by atoms with E-state index in [9.17, 15) is 9.59 Å². The van der Waals surface area contributed by atoms with Crippen molar-refractivity contribution in [2.75, 3.05) is 23.8 Å². The fourth-order valence-corrected chi connectivity index (χ4v) is 3.89. The first-order valence-corrected chi connectivity index (χ1v) is 12.4. The summed E-state index contributed by atoms with van der Waals surface area (Å²) in [4.78, 5) is 27.3. The molecule has 2 heterocycles. The molecule has 10 heteroatoms. The lowest BCUT2D eigenvalue weighted by Crippen LogP contribution is -2.09. The number of esters is 1. The van der Waals surface area contributed by atoms with Crippen LogP contribution >= 0.6 is 11.6 Å². The first kappa shape index (κ1) is 24.8. The van der Waals surface area contributed by atoms with Crippen LogP contribution in [0.15, 0.2) is 30.5 Å². The van der Waals surface area contributed by atoms with Gasteiger partial charge < -0.3 is 20.1 Å². The summed E-state index contributed by atoms with van der Waals surface area (Å²) < 4.78 is 12.4. The maximum absolute atomic E-state index is 11.4. The van der Waals surface area contributed by atoms with Crippen LogP contribution in [0.25, 0.3) is 5.65 Å². The van der Waals surface area contributed by atoms with Gasteiger partial charge in [0.1, 0.15) is 17.4 Å². The molecule has 2 aromatic heterocycles. The van der Waals surface area contributed by atoms with E-state index in [0.717, 1.165) is 56.3 Å². The molecule has 4 rings (SSSR count). The number of fused-ring (bicyclic) bond motifs is 1. The standard InChI is InChI=1S/C25H30ClN5O4/c1-2-34-24(33)7-5-3-4-6-12-35-21-11-10-19(13-20(21)26)28-22-14-23(29-18-8-9-18)31-25(30-22)17(16-32)15-27-31/h10-11,13-16,18,29H,2-9,12H2,1H3,(H,28,30). The monoisotopic (exact) mass is 499 g/mol. The zero-order valence-electron chi connectivity index (χ0n) is 19.8. The number of aromatic nitrogens is 3. The number of anilines is 3. The summed E-state index contributed by atoms with van der Waals surface area (Å²) in [5.74, 6) is 1.84. The van der Waals surface area contributed by atoms with E-state index in [1.165, 1.54) is 6.20 Å². The van der Waals surface area contributed by atoms with E-state index in [-0.39, 0.29) is 5.97 Å². The van der Waals surface area contributed by atoms with Gasteiger partial charge in [-0.2, -0.15) is 9.61 Å². The zero-order valence-corrected chi connectivity index (χ0v) is 20.5. The van der Waals surface area contributed by atoms with Crippen molar-refractivity contribution in [2.45, 2.75) is 57.9 Å². The van der Waals surface area contributed by atoms with Gasteiger partial charge in [0.15, 0.2) is 11.9 Å². The molecule has 1 aliphatic rings. The van der Waals surface area contributed by atoms with Gasteiger partial charge in [0.2, 0.25) is 0 Å². The minimum atomic E-state index is -0.135. The summed E-state index contributed by atoms with van der Waals surface area (Å²) in [5, 5.41) is 11.5. The van der Waals surface area contributed by atoms with Crippen LogP contribution in [-0.2, 0) is 9.53 Å². The third-order valence-corrected chi connectivity index (χ3v) is 5.89. The Labute approximate surface area is 209 Å². The number of nitrogens with one attached hydrogen (secondary N) is 2. The smallest absolute Gasteiger partial charge is 0.305 e. The summed E-state index contributed by atoms with van der Waals surface area (Å²) >= 11 is 6.45. The number of unbranched alkanes of at least 4 members (excludes halogenated alkanes) is 3. The largest absolute Gasteiger partial charge is 0.492 e. The maximum Gasteiger partial charge on any atom is 0.305 e. The van der Waals surface area contributed by atoms with E-state index in [4.69, 9.17) is 21.1 Å². The van der Waals surface area contributed by atoms with Crippen LogP contribution in [0.1, 0.15) is 62.2 Å². The van der Waals surface area contributed by atoms with Crippen LogP contribution in [0, 0.1) is 0 Å². The SMILES string of the molecule is CCOC(=O)CCCCCCOc1ccc(Nc2cc(NC3CC3)n3ncc(C=O)c3n2)cc1Cl. The molecule has 1 aromatic carbocycles. The van der Waals surface area contributed by atoms with E-state index in [0.29, 0.717) is 53.5 Å². The number of benzene rings is 1. The summed E-state index contributed by atoms with van der Waals surface area (Å²) in [6, 6.07) is 7.77. The van der Waals surface area contributed by atoms with E-state index in [1.807, 2.05) is 25.1 Å². The number of hydrogen-bond acceptors (Lipinski definition) is 8. The summed E-state index contributed by atoms with van der Waals surface area (Å²) in [6.07, 6.45) is 8.58. The highest BCUT2D eigenvalue weighted by Crippen LogP contribution is 2.31. The molecular formula is C25H30ClN5O4. The lowest BCUT2D eigenvalue weighted by atomic mass is 10.1. The molecule has 1 fully saturated rings. The summed E-state index contributed by atoms with van der Waals surface area (Å²) in [5.41, 5.74) is 1.67. The van der Waals surface area contributed by atoms with Crippen LogP contribution in [0.4, 0.5) is 17.3 Å². The van der Waals surface area contributed by atoms with Crippen molar-refractivity contribution >= 4 is 46.8 Å². The van der Waals surface area contributed by atoms with Crippen molar-refractivity contribution in [3.8, 4) is 5.75 Å². The number of rotatable bonds is 14. The molecular weight excluding hydrogens is 470 g/mol. The van der Waals surface area contributed by atoms with Gasteiger partial charge in [0.05, 0.1) is 30.0 Å². The maximum atomic E-state index is 11.4. The van der Waals surface area contributed by atoms with Crippen molar-refractivity contribution in [2.24, 2.45) is 0 Å². The normalized spacial score (nSPS) is 13.0. The molecule has 0 atom stereocenters. The second-order valence-electron chi connectivity index (χ2n) is 8.49. The molecule has 0 spiro atoms. The predicted octanol–water partition coefficient (Wildman–Crippen LogP) is 5.41. The minimum absolute atomic E-state index is 0.135. The number of halogens is 1. The van der Waals surface area contributed by atoms with Gasteiger partial charge in [-0.05, 0) is 50.8 Å². The van der Waals surface area contributed by atoms with Gasteiger partial charge in [-0.25, -0.2) is 4.98 Å². The molecule has 0 radical (unpaired) electrons. The second-order valence-corrected chi connectivity index (χ2v) is 8.89. The van der Waals surface area contributed by atoms with E-state index < -0.39 is 0 Å². The number of aldehydes is 1. The Balaban J connectivity index is 1.31. The summed E-state index contributed by atoms with van der Waals surface area (Å²) in [7, 11) is 0. The average Bonchev–Trinajstić information content (AvgIpc) is 3.56. The van der Waals surface area contributed by atoms with E-state index in [2.05, 4.69) is 20.7 Å². The van der Waals surface area contributed by atoms with Crippen molar-refractivity contribution in [3.05, 3.63) is 41.0 Å². The number of carbonyl (C=O) groups is 2. The van der Waals surface area contributed by atoms with Crippen molar-refractivity contribution in [1.29, 1.82) is 0 Å². The van der Waals surface area contributed by atoms with Crippen molar-refractivity contribution < 1.29 is 19.1 Å². The van der Waals surface area contributed by atoms with Gasteiger partial charge in [-0.15, -0.1) is 0 Å². The fraction of sp³-hybridized carbons (Fsp3) is 0.440. The molecule has 35 heavy (non-hydrogen) atoms. The Bertz CT molecular complexity index is 1180. The molecule has 2 N–H and O–H groups in total. The first-order chi connectivity index (χ1) is 17.1. The molecule has 0 amide bonds. The summed E-state index contributed by atoms with van der Waals surface area (Å²) in [6.45, 7) is 2.79. The quantitative estimate of drug-likeness (QED) is 0.172. The number of carbonyl (C=O) groups excluding carboxylic acids is 2. The Morgan fingerprint density at radius 1 is 1.23 bits per heavy atom. The molecule has 9 nitrogen and oxygen atoms in total. The highest BCUT2D eigenvalue weighted by Gasteiger charge is 2.23. The van der Waals surface area contributed by atoms with Crippen LogP contribution in [0.2, 0.25) is 5.02 Å². The molecule has 186 valence electrons. The minimum Gasteiger partial charge on any atom is -0.492 e. The Hall–Kier alpha value is -3.33. The lowest BCUT2D eigenvalue weighted by molar-refractivity contribution is -0.143. The molecule has 3 aromatic rings. The van der Waals surface area contributed by atoms with Gasteiger partial charge >= 0.3 is 5.97 Å². The fourth-order valence-electron chi connectivity index (χ4n) is 3.65. The first-order valence-electron chi connectivity index (χ1n) is 12.0. The van der Waals surface area contributed by atoms with Gasteiger partial charge in [0, 0.05) is 24.2 Å². The Morgan fingerprint density at radius 3 is 2.80 bits per heavy atom. The molecule has 0 saturated heterocycles. The van der Waals surface area contributed by atoms with Crippen LogP contribution in [0.5, 0.6) is 5.75 Å².